The van der Waals surface area contributed by atoms with E-state index in [4.69, 9.17) is 4.74 Å². The average Bonchev–Trinajstić information content (AvgIpc) is 3.13. The van der Waals surface area contributed by atoms with Crippen LogP contribution < -0.4 is 4.74 Å². The average molecular weight is 354 g/mol. The molecule has 1 aliphatic carbocycles. The van der Waals surface area contributed by atoms with E-state index in [0.29, 0.717) is 12.8 Å². The molecule has 1 fully saturated rings. The number of ether oxygens (including phenoxy) is 1. The van der Waals surface area contributed by atoms with Gasteiger partial charge in [-0.25, -0.2) is 0 Å². The van der Waals surface area contributed by atoms with E-state index < -0.39 is 12.2 Å². The number of aliphatic hydroxyl groups excluding tert-OH is 2. The van der Waals surface area contributed by atoms with Gasteiger partial charge in [0.05, 0.1) is 12.2 Å². The van der Waals surface area contributed by atoms with Crippen LogP contribution in [0.2, 0.25) is 0 Å². The molecular weight excluding hydrogens is 324 g/mol. The minimum atomic E-state index is -0.546. The fraction of sp³-hybridized carbons (Fsp3) is 0.565. The Morgan fingerprint density at radius 3 is 2.92 bits per heavy atom. The standard InChI is InChI=1S/C23H30O3/c1-4-6-9-15(3)19(24)13-12-17-20(25)14-21-22(17)18-11-7-10-16(8-5-2)23(18)26-21/h7,10-13,15,17,19-22,24-25H,5,8-9,14H2,1-3H3/b13-12+/t15-,17-,19+,20+,21-,22-/m1/s1. The normalized spacial score (nSPS) is 28.8. The van der Waals surface area contributed by atoms with Crippen molar-refractivity contribution in [1.29, 1.82) is 0 Å². The lowest BCUT2D eigenvalue weighted by Crippen LogP contribution is -2.19. The molecule has 0 bridgehead atoms. The summed E-state index contributed by atoms with van der Waals surface area (Å²) in [6, 6.07) is 6.38. The third-order valence-electron chi connectivity index (χ3n) is 5.72. The predicted molar refractivity (Wildman–Crippen MR) is 104 cm³/mol. The summed E-state index contributed by atoms with van der Waals surface area (Å²) in [4.78, 5) is 0. The molecule has 0 spiro atoms. The highest BCUT2D eigenvalue weighted by Crippen LogP contribution is 2.52. The van der Waals surface area contributed by atoms with Crippen molar-refractivity contribution in [2.75, 3.05) is 0 Å². The second kappa shape index (κ2) is 8.29. The monoisotopic (exact) mass is 354 g/mol. The van der Waals surface area contributed by atoms with Crippen LogP contribution in [-0.4, -0.2) is 28.5 Å². The molecule has 3 heteroatoms. The van der Waals surface area contributed by atoms with E-state index in [2.05, 4.69) is 37.0 Å². The van der Waals surface area contributed by atoms with Crippen molar-refractivity contribution < 1.29 is 14.9 Å². The number of hydrogen-bond acceptors (Lipinski definition) is 3. The molecule has 2 aliphatic rings. The molecule has 1 aromatic carbocycles. The first kappa shape index (κ1) is 19.0. The smallest absolute Gasteiger partial charge is 0.126 e. The summed E-state index contributed by atoms with van der Waals surface area (Å²) in [5.41, 5.74) is 2.48. The largest absolute Gasteiger partial charge is 0.489 e. The second-order valence-corrected chi connectivity index (χ2v) is 7.63. The number of fused-ring (bicyclic) bond motifs is 3. The van der Waals surface area contributed by atoms with Crippen molar-refractivity contribution in [3.05, 3.63) is 41.5 Å². The molecule has 0 saturated heterocycles. The number of para-hydroxylation sites is 1. The first-order valence-corrected chi connectivity index (χ1v) is 9.79. The topological polar surface area (TPSA) is 49.7 Å². The number of rotatable bonds is 6. The van der Waals surface area contributed by atoms with Crippen LogP contribution in [0.3, 0.4) is 0 Å². The summed E-state index contributed by atoms with van der Waals surface area (Å²) in [5, 5.41) is 20.9. The van der Waals surface area contributed by atoms with Crippen LogP contribution in [0.15, 0.2) is 30.4 Å². The van der Waals surface area contributed by atoms with Crippen LogP contribution in [0, 0.1) is 23.7 Å². The molecule has 2 N–H and O–H groups in total. The van der Waals surface area contributed by atoms with Gasteiger partial charge in [0.25, 0.3) is 0 Å². The molecule has 1 aromatic rings. The van der Waals surface area contributed by atoms with Crippen LogP contribution >= 0.6 is 0 Å². The van der Waals surface area contributed by atoms with Crippen LogP contribution in [-0.2, 0) is 6.42 Å². The van der Waals surface area contributed by atoms with Crippen molar-refractivity contribution >= 4 is 0 Å². The highest BCUT2D eigenvalue weighted by Gasteiger charge is 2.48. The predicted octanol–water partition coefficient (Wildman–Crippen LogP) is 3.83. The number of benzene rings is 1. The molecular formula is C23H30O3. The Morgan fingerprint density at radius 2 is 2.19 bits per heavy atom. The third-order valence-corrected chi connectivity index (χ3v) is 5.72. The lowest BCUT2D eigenvalue weighted by molar-refractivity contribution is 0.134. The molecule has 0 aromatic heterocycles. The quantitative estimate of drug-likeness (QED) is 0.603. The van der Waals surface area contributed by atoms with Gasteiger partial charge in [0, 0.05) is 30.2 Å². The number of aliphatic hydroxyl groups is 2. The first-order chi connectivity index (χ1) is 12.6. The van der Waals surface area contributed by atoms with Gasteiger partial charge < -0.3 is 14.9 Å². The van der Waals surface area contributed by atoms with E-state index in [-0.39, 0.29) is 23.9 Å². The zero-order valence-corrected chi connectivity index (χ0v) is 16.0. The van der Waals surface area contributed by atoms with Gasteiger partial charge in [0.2, 0.25) is 0 Å². The Bertz CT molecular complexity index is 712. The van der Waals surface area contributed by atoms with Gasteiger partial charge >= 0.3 is 0 Å². The summed E-state index contributed by atoms with van der Waals surface area (Å²) >= 11 is 0. The van der Waals surface area contributed by atoms with E-state index >= 15 is 0 Å². The van der Waals surface area contributed by atoms with Gasteiger partial charge in [-0.15, -0.1) is 11.8 Å². The first-order valence-electron chi connectivity index (χ1n) is 9.79. The molecule has 26 heavy (non-hydrogen) atoms. The Hall–Kier alpha value is -1.76. The highest BCUT2D eigenvalue weighted by atomic mass is 16.5. The minimum absolute atomic E-state index is 0.0164. The van der Waals surface area contributed by atoms with Crippen LogP contribution in [0.5, 0.6) is 5.75 Å². The van der Waals surface area contributed by atoms with Crippen molar-refractivity contribution in [1.82, 2.24) is 0 Å². The van der Waals surface area contributed by atoms with Gasteiger partial charge in [-0.05, 0) is 24.8 Å². The Balaban J connectivity index is 1.79. The molecule has 3 nitrogen and oxygen atoms in total. The van der Waals surface area contributed by atoms with Crippen LogP contribution in [0.4, 0.5) is 0 Å². The number of hydrogen-bond donors (Lipinski definition) is 2. The summed E-state index contributed by atoms with van der Waals surface area (Å²) in [6.07, 6.45) is 6.32. The summed E-state index contributed by atoms with van der Waals surface area (Å²) in [7, 11) is 0. The van der Waals surface area contributed by atoms with Crippen molar-refractivity contribution in [3.8, 4) is 17.6 Å². The Kier molecular flexibility index (Phi) is 6.06. The molecule has 1 heterocycles. The Morgan fingerprint density at radius 1 is 1.38 bits per heavy atom. The molecule has 6 atom stereocenters. The summed E-state index contributed by atoms with van der Waals surface area (Å²) in [6.45, 7) is 5.99. The third kappa shape index (κ3) is 3.68. The SMILES string of the molecule is CC#CC[C@@H](C)[C@@H](O)/C=C/[C@H]1[C@@H]2c3cccc(CCC)c3O[C@@H]2C[C@@H]1O. The zero-order chi connectivity index (χ0) is 18.7. The maximum atomic E-state index is 10.6. The fourth-order valence-electron chi connectivity index (χ4n) is 4.25. The van der Waals surface area contributed by atoms with Crippen molar-refractivity contribution in [2.24, 2.45) is 11.8 Å². The molecule has 3 rings (SSSR count). The zero-order valence-electron chi connectivity index (χ0n) is 16.0. The molecule has 0 radical (unpaired) electrons. The molecule has 140 valence electrons. The van der Waals surface area contributed by atoms with Gasteiger partial charge in [-0.1, -0.05) is 50.6 Å². The van der Waals surface area contributed by atoms with Crippen LogP contribution in [0.1, 0.15) is 57.1 Å². The number of aryl methyl sites for hydroxylation is 1. The van der Waals surface area contributed by atoms with Gasteiger partial charge in [-0.3, -0.25) is 0 Å². The molecule has 1 aliphatic heterocycles. The maximum absolute atomic E-state index is 10.6. The fourth-order valence-corrected chi connectivity index (χ4v) is 4.25. The summed E-state index contributed by atoms with van der Waals surface area (Å²) < 4.78 is 6.25. The minimum Gasteiger partial charge on any atom is -0.489 e. The van der Waals surface area contributed by atoms with Gasteiger partial charge in [-0.2, -0.15) is 0 Å². The second-order valence-electron chi connectivity index (χ2n) is 7.63. The lowest BCUT2D eigenvalue weighted by atomic mass is 9.86. The molecule has 1 saturated carbocycles. The lowest BCUT2D eigenvalue weighted by Gasteiger charge is -2.19. The van der Waals surface area contributed by atoms with E-state index in [1.807, 2.05) is 26.0 Å². The Labute approximate surface area is 157 Å². The summed E-state index contributed by atoms with van der Waals surface area (Å²) in [5.74, 6) is 7.16. The van der Waals surface area contributed by atoms with Crippen LogP contribution in [0.25, 0.3) is 0 Å². The van der Waals surface area contributed by atoms with E-state index in [9.17, 15) is 10.2 Å². The highest BCUT2D eigenvalue weighted by molar-refractivity contribution is 5.49. The molecule has 0 unspecified atom stereocenters. The van der Waals surface area contributed by atoms with E-state index in [1.54, 1.807) is 0 Å². The van der Waals surface area contributed by atoms with E-state index in [1.165, 1.54) is 11.1 Å². The maximum Gasteiger partial charge on any atom is 0.126 e. The van der Waals surface area contributed by atoms with Crippen molar-refractivity contribution in [3.63, 3.8) is 0 Å². The van der Waals surface area contributed by atoms with Crippen molar-refractivity contribution in [2.45, 2.75) is 70.7 Å². The van der Waals surface area contributed by atoms with Gasteiger partial charge in [0.15, 0.2) is 0 Å². The molecule has 0 amide bonds. The van der Waals surface area contributed by atoms with Gasteiger partial charge in [0.1, 0.15) is 11.9 Å². The van der Waals surface area contributed by atoms with E-state index in [0.717, 1.165) is 18.6 Å².